The lowest BCUT2D eigenvalue weighted by molar-refractivity contribution is 0.127. The summed E-state index contributed by atoms with van der Waals surface area (Å²) in [6.45, 7) is 11.1. The molecule has 2 rings (SSSR count). The van der Waals surface area contributed by atoms with Crippen LogP contribution in [0.4, 0.5) is 0 Å². The van der Waals surface area contributed by atoms with Gasteiger partial charge in [0.25, 0.3) is 0 Å². The van der Waals surface area contributed by atoms with Crippen molar-refractivity contribution < 1.29 is 0 Å². The number of benzene rings is 1. The summed E-state index contributed by atoms with van der Waals surface area (Å²) in [6, 6.07) is 7.46. The van der Waals surface area contributed by atoms with E-state index in [1.165, 1.54) is 49.2 Å². The molecule has 0 saturated carbocycles. The molecule has 1 aromatic carbocycles. The summed E-state index contributed by atoms with van der Waals surface area (Å²) in [7, 11) is 2.23. The average molecular weight is 289 g/mol. The van der Waals surface area contributed by atoms with E-state index < -0.39 is 0 Å². The summed E-state index contributed by atoms with van der Waals surface area (Å²) in [5.74, 6) is 0. The molecule has 0 aliphatic carbocycles. The molecule has 1 saturated heterocycles. The number of hydrogen-bond acceptors (Lipinski definition) is 3. The molecule has 1 aliphatic rings. The third kappa shape index (κ3) is 4.53. The Balaban J connectivity index is 1.91. The van der Waals surface area contributed by atoms with Gasteiger partial charge in [-0.15, -0.1) is 0 Å². The molecular formula is C18H31N3. The van der Waals surface area contributed by atoms with Crippen LogP contribution in [0, 0.1) is 13.8 Å². The van der Waals surface area contributed by atoms with Crippen molar-refractivity contribution in [1.29, 1.82) is 0 Å². The number of aryl methyl sites for hydroxylation is 2. The van der Waals surface area contributed by atoms with Gasteiger partial charge in [-0.25, -0.2) is 0 Å². The highest BCUT2D eigenvalue weighted by atomic mass is 15.2. The molecular weight excluding hydrogens is 258 g/mol. The van der Waals surface area contributed by atoms with E-state index in [4.69, 9.17) is 5.73 Å². The van der Waals surface area contributed by atoms with E-state index in [9.17, 15) is 0 Å². The van der Waals surface area contributed by atoms with Gasteiger partial charge >= 0.3 is 0 Å². The van der Waals surface area contributed by atoms with Crippen LogP contribution in [-0.4, -0.2) is 49.1 Å². The summed E-state index contributed by atoms with van der Waals surface area (Å²) < 4.78 is 0. The van der Waals surface area contributed by atoms with Gasteiger partial charge in [-0.05, 0) is 58.9 Å². The molecule has 1 aliphatic heterocycles. The molecule has 118 valence electrons. The maximum absolute atomic E-state index is 6.44. The zero-order chi connectivity index (χ0) is 15.4. The number of nitrogens with zero attached hydrogens (tertiary/aromatic N) is 2. The maximum atomic E-state index is 6.44. The molecule has 1 fully saturated rings. The first-order chi connectivity index (χ1) is 9.99. The van der Waals surface area contributed by atoms with E-state index in [0.717, 1.165) is 6.54 Å². The van der Waals surface area contributed by atoms with E-state index in [1.54, 1.807) is 0 Å². The number of rotatable bonds is 5. The van der Waals surface area contributed by atoms with Crippen molar-refractivity contribution in [1.82, 2.24) is 9.80 Å². The molecule has 3 heteroatoms. The van der Waals surface area contributed by atoms with E-state index in [2.05, 4.69) is 55.8 Å². The van der Waals surface area contributed by atoms with E-state index in [1.807, 2.05) is 0 Å². The van der Waals surface area contributed by atoms with Crippen LogP contribution in [0.1, 0.15) is 42.5 Å². The van der Waals surface area contributed by atoms with Crippen LogP contribution in [-0.2, 0) is 0 Å². The van der Waals surface area contributed by atoms with Gasteiger partial charge in [0.2, 0.25) is 0 Å². The standard InChI is InChI=1S/C18H31N3/c1-5-21-8-6-17(7-9-21)20(4)13-18(19)16-11-14(2)10-15(3)12-16/h10-12,17-18H,5-9,13,19H2,1-4H3. The van der Waals surface area contributed by atoms with E-state index in [-0.39, 0.29) is 6.04 Å². The molecule has 2 N–H and O–H groups in total. The molecule has 0 spiro atoms. The van der Waals surface area contributed by atoms with E-state index >= 15 is 0 Å². The first kappa shape index (κ1) is 16.5. The van der Waals surface area contributed by atoms with Gasteiger partial charge < -0.3 is 15.5 Å². The predicted octanol–water partition coefficient (Wildman–Crippen LogP) is 2.72. The van der Waals surface area contributed by atoms with Crippen molar-refractivity contribution in [2.75, 3.05) is 33.2 Å². The number of likely N-dealkylation sites (N-methyl/N-ethyl adjacent to an activating group) is 1. The Hall–Kier alpha value is -0.900. The average Bonchev–Trinajstić information content (AvgIpc) is 2.46. The van der Waals surface area contributed by atoms with Gasteiger partial charge in [0.15, 0.2) is 0 Å². The van der Waals surface area contributed by atoms with Gasteiger partial charge in [-0.2, -0.15) is 0 Å². The highest BCUT2D eigenvalue weighted by Gasteiger charge is 2.23. The third-order valence-electron chi connectivity index (χ3n) is 4.78. The molecule has 1 unspecified atom stereocenters. The predicted molar refractivity (Wildman–Crippen MR) is 90.6 cm³/mol. The lowest BCUT2D eigenvalue weighted by atomic mass is 9.99. The first-order valence-corrected chi connectivity index (χ1v) is 8.26. The Morgan fingerprint density at radius 1 is 1.19 bits per heavy atom. The van der Waals surface area contributed by atoms with Crippen molar-refractivity contribution in [2.45, 2.75) is 45.7 Å². The van der Waals surface area contributed by atoms with Crippen molar-refractivity contribution in [3.05, 3.63) is 34.9 Å². The van der Waals surface area contributed by atoms with Crippen LogP contribution in [0.25, 0.3) is 0 Å². The zero-order valence-electron chi connectivity index (χ0n) is 14.1. The summed E-state index contributed by atoms with van der Waals surface area (Å²) in [4.78, 5) is 5.00. The Kier molecular flexibility index (Phi) is 5.80. The molecule has 0 aromatic heterocycles. The van der Waals surface area contributed by atoms with Crippen LogP contribution < -0.4 is 5.73 Å². The minimum Gasteiger partial charge on any atom is -0.323 e. The number of hydrogen-bond donors (Lipinski definition) is 1. The van der Waals surface area contributed by atoms with Crippen molar-refractivity contribution in [3.8, 4) is 0 Å². The van der Waals surface area contributed by atoms with Gasteiger partial charge in [-0.3, -0.25) is 0 Å². The highest BCUT2D eigenvalue weighted by Crippen LogP contribution is 2.20. The normalized spacial score (nSPS) is 19.1. The summed E-state index contributed by atoms with van der Waals surface area (Å²) in [5, 5.41) is 0. The summed E-state index contributed by atoms with van der Waals surface area (Å²) in [6.07, 6.45) is 2.54. The molecule has 1 aromatic rings. The molecule has 3 nitrogen and oxygen atoms in total. The zero-order valence-corrected chi connectivity index (χ0v) is 14.1. The van der Waals surface area contributed by atoms with Crippen molar-refractivity contribution in [2.24, 2.45) is 5.73 Å². The van der Waals surface area contributed by atoms with Crippen LogP contribution in [0.15, 0.2) is 18.2 Å². The molecule has 1 heterocycles. The SMILES string of the molecule is CCN1CCC(N(C)CC(N)c2cc(C)cc(C)c2)CC1. The van der Waals surface area contributed by atoms with Gasteiger partial charge in [-0.1, -0.05) is 36.2 Å². The van der Waals surface area contributed by atoms with Gasteiger partial charge in [0.1, 0.15) is 0 Å². The fraction of sp³-hybridized carbons (Fsp3) is 0.667. The summed E-state index contributed by atoms with van der Waals surface area (Å²) >= 11 is 0. The highest BCUT2D eigenvalue weighted by molar-refractivity contribution is 5.30. The van der Waals surface area contributed by atoms with Crippen LogP contribution in [0.3, 0.4) is 0 Å². The Bertz CT molecular complexity index is 430. The minimum absolute atomic E-state index is 0.109. The first-order valence-electron chi connectivity index (χ1n) is 8.26. The quantitative estimate of drug-likeness (QED) is 0.904. The fourth-order valence-electron chi connectivity index (χ4n) is 3.47. The fourth-order valence-corrected chi connectivity index (χ4v) is 3.47. The topological polar surface area (TPSA) is 32.5 Å². The molecule has 0 amide bonds. The smallest absolute Gasteiger partial charge is 0.0424 e. The van der Waals surface area contributed by atoms with Crippen LogP contribution in [0.5, 0.6) is 0 Å². The molecule has 0 radical (unpaired) electrons. The Morgan fingerprint density at radius 3 is 2.29 bits per heavy atom. The summed E-state index contributed by atoms with van der Waals surface area (Å²) in [5.41, 5.74) is 10.3. The van der Waals surface area contributed by atoms with Gasteiger partial charge in [0.05, 0.1) is 0 Å². The van der Waals surface area contributed by atoms with Crippen LogP contribution >= 0.6 is 0 Å². The minimum atomic E-state index is 0.109. The number of likely N-dealkylation sites (tertiary alicyclic amines) is 1. The van der Waals surface area contributed by atoms with Crippen molar-refractivity contribution in [3.63, 3.8) is 0 Å². The lowest BCUT2D eigenvalue weighted by Gasteiger charge is -2.37. The Morgan fingerprint density at radius 2 is 1.76 bits per heavy atom. The monoisotopic (exact) mass is 289 g/mol. The van der Waals surface area contributed by atoms with Gasteiger partial charge in [0, 0.05) is 18.6 Å². The second-order valence-corrected chi connectivity index (χ2v) is 6.63. The Labute approximate surface area is 130 Å². The van der Waals surface area contributed by atoms with Crippen LogP contribution in [0.2, 0.25) is 0 Å². The molecule has 1 atom stereocenters. The van der Waals surface area contributed by atoms with E-state index in [0.29, 0.717) is 6.04 Å². The number of piperidine rings is 1. The number of nitrogens with two attached hydrogens (primary N) is 1. The molecule has 21 heavy (non-hydrogen) atoms. The largest absolute Gasteiger partial charge is 0.323 e. The maximum Gasteiger partial charge on any atom is 0.0424 e. The second-order valence-electron chi connectivity index (χ2n) is 6.63. The second kappa shape index (κ2) is 7.39. The molecule has 0 bridgehead atoms. The lowest BCUT2D eigenvalue weighted by Crippen LogP contribution is -2.45. The third-order valence-corrected chi connectivity index (χ3v) is 4.78. The van der Waals surface area contributed by atoms with Crippen molar-refractivity contribution >= 4 is 0 Å².